The molecular weight excluding hydrogens is 512 g/mol. The fraction of sp³-hybridized carbons (Fsp3) is 0.409. The number of nitrogens with zero attached hydrogens (tertiary/aromatic N) is 3. The van der Waals surface area contributed by atoms with E-state index in [9.17, 15) is 28.6 Å². The first-order chi connectivity index (χ1) is 16.8. The zero-order valence-electron chi connectivity index (χ0n) is 18.8. The van der Waals surface area contributed by atoms with Crippen LogP contribution in [0, 0.1) is 5.82 Å². The van der Waals surface area contributed by atoms with Crippen LogP contribution in [-0.2, 0) is 4.74 Å². The summed E-state index contributed by atoms with van der Waals surface area (Å²) in [6.45, 7) is 2.23. The summed E-state index contributed by atoms with van der Waals surface area (Å²) in [5.74, 6) is -0.794. The molecule has 2 aliphatic rings. The lowest BCUT2D eigenvalue weighted by Crippen LogP contribution is -2.38. The van der Waals surface area contributed by atoms with E-state index in [0.29, 0.717) is 48.5 Å². The van der Waals surface area contributed by atoms with Crippen molar-refractivity contribution in [2.24, 2.45) is 0 Å². The molecule has 2 saturated heterocycles. The molecule has 2 aliphatic heterocycles. The summed E-state index contributed by atoms with van der Waals surface area (Å²) in [5.41, 5.74) is 1.11. The van der Waals surface area contributed by atoms with Gasteiger partial charge >= 0.3 is 10.2 Å². The minimum atomic E-state index is -9.81. The van der Waals surface area contributed by atoms with E-state index in [2.05, 4.69) is 20.3 Å². The number of morpholine rings is 1. The number of carbonyl (C=O) groups excluding carboxylic acids is 1. The average Bonchev–Trinajstić information content (AvgIpc) is 3.27. The number of aromatic amines is 1. The third kappa shape index (κ3) is 4.89. The molecule has 2 fully saturated rings. The third-order valence-corrected chi connectivity index (χ3v) is 7.66. The number of pyridine rings is 1. The summed E-state index contributed by atoms with van der Waals surface area (Å²) in [6.07, 6.45) is 1.58. The molecule has 36 heavy (non-hydrogen) atoms. The van der Waals surface area contributed by atoms with Crippen molar-refractivity contribution in [2.45, 2.75) is 29.8 Å². The zero-order valence-corrected chi connectivity index (χ0v) is 19.6. The van der Waals surface area contributed by atoms with E-state index in [0.717, 1.165) is 24.9 Å². The number of likely N-dealkylation sites (tertiary alicyclic amines) is 1. The number of hydrogen-bond donors (Lipinski definition) is 2. The maximum Gasteiger partial charge on any atom is 0.310 e. The van der Waals surface area contributed by atoms with Crippen molar-refractivity contribution in [3.8, 4) is 0 Å². The molecule has 2 aromatic heterocycles. The van der Waals surface area contributed by atoms with E-state index in [-0.39, 0.29) is 42.8 Å². The quantitative estimate of drug-likeness (QED) is 0.435. The number of amides is 1. The summed E-state index contributed by atoms with van der Waals surface area (Å²) in [6, 6.07) is 1.96. The number of aromatic nitrogens is 3. The highest BCUT2D eigenvalue weighted by Gasteiger charge is 2.65. The Morgan fingerprint density at radius 3 is 2.39 bits per heavy atom. The largest absolute Gasteiger partial charge is 0.368 e. The summed E-state index contributed by atoms with van der Waals surface area (Å²) in [4.78, 5) is 23.8. The van der Waals surface area contributed by atoms with Crippen LogP contribution in [-0.4, -0.2) is 58.5 Å². The molecule has 1 atom stereocenters. The summed E-state index contributed by atoms with van der Waals surface area (Å²) in [5, 5.41) is 3.20. The number of H-pyrrole nitrogens is 1. The van der Waals surface area contributed by atoms with Crippen molar-refractivity contribution in [3.05, 3.63) is 53.2 Å². The molecule has 196 valence electrons. The maximum absolute atomic E-state index is 14.9. The number of piperidine rings is 1. The minimum Gasteiger partial charge on any atom is -0.368 e. The van der Waals surface area contributed by atoms with E-state index < -0.39 is 26.8 Å². The molecule has 2 N–H and O–H groups in total. The minimum absolute atomic E-state index is 0.129. The highest BCUT2D eigenvalue weighted by Crippen LogP contribution is 3.02. The van der Waals surface area contributed by atoms with E-state index in [1.165, 1.54) is 4.90 Å². The van der Waals surface area contributed by atoms with Crippen LogP contribution in [0.25, 0.3) is 11.2 Å². The normalized spacial score (nSPS) is 21.8. The molecule has 1 aromatic carbocycles. The Kier molecular flexibility index (Phi) is 5.58. The second-order valence-electron chi connectivity index (χ2n) is 8.96. The van der Waals surface area contributed by atoms with Gasteiger partial charge in [-0.15, -0.1) is 0 Å². The van der Waals surface area contributed by atoms with Crippen LogP contribution in [0.4, 0.5) is 23.8 Å². The molecule has 4 heterocycles. The lowest BCUT2D eigenvalue weighted by molar-refractivity contribution is 0.0228. The van der Waals surface area contributed by atoms with E-state index >= 15 is 0 Å². The standard InChI is InChI=1S/C22H23F6N5O2S/c23-16-11-30-21-19(31-20(32-21)17-12-29-7-10-35-17)18(16)13-5-8-33(9-6-13)22(34)14-1-3-15(4-2-14)36(24,25,26,27)28/h1-4,11,13,17,29H,5-10,12H2,(H,30,31,32). The first kappa shape index (κ1) is 24.8. The van der Waals surface area contributed by atoms with Crippen molar-refractivity contribution in [1.82, 2.24) is 25.2 Å². The summed E-state index contributed by atoms with van der Waals surface area (Å²) in [7, 11) is -9.81. The van der Waals surface area contributed by atoms with Gasteiger partial charge in [0.1, 0.15) is 22.6 Å². The Hall–Kier alpha value is -2.84. The number of benzene rings is 1. The van der Waals surface area contributed by atoms with Gasteiger partial charge < -0.3 is 19.9 Å². The first-order valence-electron chi connectivity index (χ1n) is 11.3. The number of fused-ring (bicyclic) bond motifs is 1. The molecular formula is C22H23F6N5O2S. The maximum atomic E-state index is 14.9. The lowest BCUT2D eigenvalue weighted by Gasteiger charge is -2.40. The van der Waals surface area contributed by atoms with Gasteiger partial charge in [0.15, 0.2) is 5.65 Å². The predicted molar refractivity (Wildman–Crippen MR) is 121 cm³/mol. The Balaban J connectivity index is 1.31. The number of rotatable bonds is 4. The SMILES string of the molecule is O=C(c1ccc(S(F)(F)(F)(F)F)cc1)N1CCC(c2c(F)cnc3nc(C4CNCCO4)[nH]c23)CC1. The molecule has 0 aliphatic carbocycles. The molecule has 0 spiro atoms. The Morgan fingerprint density at radius 2 is 1.78 bits per heavy atom. The number of carbonyl (C=O) groups is 1. The highest BCUT2D eigenvalue weighted by molar-refractivity contribution is 8.45. The first-order valence-corrected chi connectivity index (χ1v) is 13.2. The monoisotopic (exact) mass is 535 g/mol. The zero-order chi connectivity index (χ0) is 25.8. The molecule has 5 rings (SSSR count). The van der Waals surface area contributed by atoms with Gasteiger partial charge in [-0.1, -0.05) is 19.4 Å². The van der Waals surface area contributed by atoms with Crippen LogP contribution >= 0.6 is 10.2 Å². The van der Waals surface area contributed by atoms with Crippen LogP contribution in [0.1, 0.15) is 46.6 Å². The number of ether oxygens (including phenoxy) is 1. The molecule has 0 radical (unpaired) electrons. The van der Waals surface area contributed by atoms with Crippen molar-refractivity contribution in [1.29, 1.82) is 0 Å². The van der Waals surface area contributed by atoms with Gasteiger partial charge in [0.05, 0.1) is 18.3 Å². The number of nitrogens with one attached hydrogen (secondary N) is 2. The Morgan fingerprint density at radius 1 is 1.08 bits per heavy atom. The van der Waals surface area contributed by atoms with Crippen LogP contribution in [0.2, 0.25) is 0 Å². The second-order valence-corrected chi connectivity index (χ2v) is 11.4. The van der Waals surface area contributed by atoms with Gasteiger partial charge in [0.2, 0.25) is 0 Å². The van der Waals surface area contributed by atoms with Gasteiger partial charge in [0.25, 0.3) is 5.91 Å². The number of halogens is 6. The van der Waals surface area contributed by atoms with Crippen molar-refractivity contribution < 1.29 is 33.4 Å². The summed E-state index contributed by atoms with van der Waals surface area (Å²) >= 11 is 0. The molecule has 3 aromatic rings. The van der Waals surface area contributed by atoms with Gasteiger partial charge in [-0.25, -0.2) is 14.4 Å². The van der Waals surface area contributed by atoms with Crippen molar-refractivity contribution in [3.63, 3.8) is 0 Å². The fourth-order valence-electron chi connectivity index (χ4n) is 4.67. The predicted octanol–water partition coefficient (Wildman–Crippen LogP) is 5.44. The van der Waals surface area contributed by atoms with Crippen LogP contribution in [0.15, 0.2) is 35.4 Å². The molecule has 0 saturated carbocycles. The molecule has 7 nitrogen and oxygen atoms in total. The molecule has 14 heteroatoms. The molecule has 1 unspecified atom stereocenters. The van der Waals surface area contributed by atoms with Crippen LogP contribution < -0.4 is 5.32 Å². The lowest BCUT2D eigenvalue weighted by atomic mass is 9.88. The van der Waals surface area contributed by atoms with E-state index in [4.69, 9.17) is 4.74 Å². The number of imidazole rings is 1. The fourth-order valence-corrected chi connectivity index (χ4v) is 5.32. The van der Waals surface area contributed by atoms with Gasteiger partial charge in [-0.3, -0.25) is 4.79 Å². The number of hydrogen-bond acceptors (Lipinski definition) is 5. The smallest absolute Gasteiger partial charge is 0.310 e. The Bertz CT molecular complexity index is 1300. The van der Waals surface area contributed by atoms with E-state index in [1.807, 2.05) is 0 Å². The Labute approximate surface area is 202 Å². The second kappa shape index (κ2) is 8.08. The van der Waals surface area contributed by atoms with Crippen LogP contribution in [0.5, 0.6) is 0 Å². The topological polar surface area (TPSA) is 83.1 Å². The van der Waals surface area contributed by atoms with Crippen molar-refractivity contribution >= 4 is 27.3 Å². The third-order valence-electron chi connectivity index (χ3n) is 6.50. The molecule has 0 bridgehead atoms. The molecule has 1 amide bonds. The van der Waals surface area contributed by atoms with Crippen molar-refractivity contribution in [2.75, 3.05) is 32.8 Å². The van der Waals surface area contributed by atoms with Gasteiger partial charge in [-0.2, -0.15) is 0 Å². The average molecular weight is 536 g/mol. The van der Waals surface area contributed by atoms with Gasteiger partial charge in [0, 0.05) is 37.3 Å². The van der Waals surface area contributed by atoms with E-state index in [1.54, 1.807) is 0 Å². The summed E-state index contributed by atoms with van der Waals surface area (Å²) < 4.78 is 85.3. The highest BCUT2D eigenvalue weighted by atomic mass is 32.5. The van der Waals surface area contributed by atoms with Gasteiger partial charge in [-0.05, 0) is 43.0 Å². The van der Waals surface area contributed by atoms with Crippen LogP contribution in [0.3, 0.4) is 0 Å².